The monoisotopic (exact) mass is 283 g/mol. The SMILES string of the molecule is Cc1cnc(-c2ccccc2NC(=O)c2cc(N)no2)[nH]1. The van der Waals surface area contributed by atoms with E-state index in [1.807, 2.05) is 25.1 Å². The standard InChI is InChI=1S/C14H13N5O2/c1-8-7-16-13(17-8)9-4-2-3-5-10(9)18-14(20)11-6-12(15)19-21-11/h2-7H,1H3,(H2,15,19)(H,16,17)(H,18,20). The Balaban J connectivity index is 1.91. The first-order valence-corrected chi connectivity index (χ1v) is 6.28. The molecule has 0 aliphatic carbocycles. The van der Waals surface area contributed by atoms with Crippen molar-refractivity contribution in [2.45, 2.75) is 6.92 Å². The summed E-state index contributed by atoms with van der Waals surface area (Å²) in [5.74, 6) is 0.475. The summed E-state index contributed by atoms with van der Waals surface area (Å²) in [4.78, 5) is 19.5. The number of carbonyl (C=O) groups is 1. The Morgan fingerprint density at radius 2 is 2.19 bits per heavy atom. The molecule has 1 aromatic carbocycles. The van der Waals surface area contributed by atoms with E-state index >= 15 is 0 Å². The summed E-state index contributed by atoms with van der Waals surface area (Å²) in [6.45, 7) is 1.91. The normalized spacial score (nSPS) is 10.5. The molecule has 4 N–H and O–H groups in total. The van der Waals surface area contributed by atoms with Gasteiger partial charge in [0.05, 0.1) is 5.69 Å². The van der Waals surface area contributed by atoms with Gasteiger partial charge in [0.25, 0.3) is 5.91 Å². The van der Waals surface area contributed by atoms with Crippen molar-refractivity contribution >= 4 is 17.4 Å². The minimum absolute atomic E-state index is 0.0536. The molecule has 3 aromatic rings. The number of hydrogen-bond acceptors (Lipinski definition) is 5. The summed E-state index contributed by atoms with van der Waals surface area (Å²) < 4.78 is 4.84. The molecule has 0 spiro atoms. The maximum Gasteiger partial charge on any atom is 0.294 e. The number of nitrogen functional groups attached to an aromatic ring is 1. The van der Waals surface area contributed by atoms with Gasteiger partial charge in [0.1, 0.15) is 5.82 Å². The predicted octanol–water partition coefficient (Wildman–Crippen LogP) is 2.21. The molecule has 0 unspecified atom stereocenters. The number of carbonyl (C=O) groups excluding carboxylic acids is 1. The van der Waals surface area contributed by atoms with E-state index in [1.165, 1.54) is 6.07 Å². The molecular formula is C14H13N5O2. The van der Waals surface area contributed by atoms with Gasteiger partial charge in [0, 0.05) is 23.5 Å². The Bertz CT molecular complexity index is 790. The van der Waals surface area contributed by atoms with Gasteiger partial charge in [-0.3, -0.25) is 4.79 Å². The number of imidazole rings is 1. The summed E-state index contributed by atoms with van der Waals surface area (Å²) in [7, 11) is 0. The number of aromatic nitrogens is 3. The zero-order chi connectivity index (χ0) is 14.8. The highest BCUT2D eigenvalue weighted by atomic mass is 16.5. The van der Waals surface area contributed by atoms with E-state index in [9.17, 15) is 4.79 Å². The van der Waals surface area contributed by atoms with Gasteiger partial charge in [-0.25, -0.2) is 4.98 Å². The molecule has 0 aliphatic heterocycles. The number of hydrogen-bond donors (Lipinski definition) is 3. The van der Waals surface area contributed by atoms with Crippen LogP contribution in [-0.4, -0.2) is 21.0 Å². The Kier molecular flexibility index (Phi) is 3.15. The highest BCUT2D eigenvalue weighted by Gasteiger charge is 2.15. The molecule has 0 atom stereocenters. The van der Waals surface area contributed by atoms with E-state index < -0.39 is 5.91 Å². The van der Waals surface area contributed by atoms with Crippen LogP contribution in [0.2, 0.25) is 0 Å². The predicted molar refractivity (Wildman–Crippen MR) is 77.6 cm³/mol. The van der Waals surface area contributed by atoms with Gasteiger partial charge in [-0.2, -0.15) is 0 Å². The van der Waals surface area contributed by atoms with E-state index in [2.05, 4.69) is 20.4 Å². The smallest absolute Gasteiger partial charge is 0.294 e. The van der Waals surface area contributed by atoms with Crippen molar-refractivity contribution in [2.24, 2.45) is 0 Å². The highest BCUT2D eigenvalue weighted by molar-refractivity contribution is 6.04. The molecule has 0 radical (unpaired) electrons. The fourth-order valence-electron chi connectivity index (χ4n) is 1.93. The minimum Gasteiger partial charge on any atom is -0.381 e. The molecule has 21 heavy (non-hydrogen) atoms. The molecule has 0 saturated heterocycles. The summed E-state index contributed by atoms with van der Waals surface area (Å²) in [6, 6.07) is 8.71. The number of H-pyrrole nitrogens is 1. The molecule has 2 heterocycles. The lowest BCUT2D eigenvalue weighted by atomic mass is 10.1. The molecule has 0 saturated carbocycles. The second-order valence-electron chi connectivity index (χ2n) is 4.53. The van der Waals surface area contributed by atoms with Crippen molar-refractivity contribution in [1.82, 2.24) is 15.1 Å². The van der Waals surface area contributed by atoms with E-state index in [0.717, 1.165) is 11.3 Å². The number of rotatable bonds is 3. The van der Waals surface area contributed by atoms with Crippen LogP contribution >= 0.6 is 0 Å². The first-order valence-electron chi connectivity index (χ1n) is 6.28. The maximum atomic E-state index is 12.1. The lowest BCUT2D eigenvalue weighted by Gasteiger charge is -2.07. The van der Waals surface area contributed by atoms with Crippen molar-refractivity contribution in [2.75, 3.05) is 11.1 Å². The van der Waals surface area contributed by atoms with Crippen LogP contribution in [0.3, 0.4) is 0 Å². The maximum absolute atomic E-state index is 12.1. The topological polar surface area (TPSA) is 110 Å². The first kappa shape index (κ1) is 12.9. The lowest BCUT2D eigenvalue weighted by molar-refractivity contribution is 0.0988. The molecule has 0 aliphatic rings. The fourth-order valence-corrected chi connectivity index (χ4v) is 1.93. The third-order valence-corrected chi connectivity index (χ3v) is 2.89. The van der Waals surface area contributed by atoms with Crippen molar-refractivity contribution in [3.05, 3.63) is 48.0 Å². The van der Waals surface area contributed by atoms with Crippen LogP contribution in [0.5, 0.6) is 0 Å². The lowest BCUT2D eigenvalue weighted by Crippen LogP contribution is -2.11. The number of anilines is 2. The van der Waals surface area contributed by atoms with Crippen LogP contribution in [-0.2, 0) is 0 Å². The van der Waals surface area contributed by atoms with Crippen molar-refractivity contribution < 1.29 is 9.32 Å². The van der Waals surface area contributed by atoms with E-state index in [0.29, 0.717) is 11.5 Å². The third kappa shape index (κ3) is 2.62. The average molecular weight is 283 g/mol. The molecule has 0 bridgehead atoms. The van der Waals surface area contributed by atoms with Gasteiger partial charge in [-0.1, -0.05) is 17.3 Å². The molecule has 0 fully saturated rings. The van der Waals surface area contributed by atoms with E-state index in [-0.39, 0.29) is 11.6 Å². The van der Waals surface area contributed by atoms with Crippen LogP contribution in [0.1, 0.15) is 16.2 Å². The van der Waals surface area contributed by atoms with Gasteiger partial charge in [0.15, 0.2) is 5.82 Å². The molecule has 7 heteroatoms. The van der Waals surface area contributed by atoms with Gasteiger partial charge in [-0.05, 0) is 19.1 Å². The number of para-hydroxylation sites is 1. The summed E-state index contributed by atoms with van der Waals surface area (Å²) in [5, 5.41) is 6.25. The second kappa shape index (κ2) is 5.12. The van der Waals surface area contributed by atoms with Crippen molar-refractivity contribution in [3.8, 4) is 11.4 Å². The van der Waals surface area contributed by atoms with Crippen LogP contribution in [0, 0.1) is 6.92 Å². The third-order valence-electron chi connectivity index (χ3n) is 2.89. The number of nitrogens with zero attached hydrogens (tertiary/aromatic N) is 2. The Hall–Kier alpha value is -3.09. The zero-order valence-electron chi connectivity index (χ0n) is 11.3. The van der Waals surface area contributed by atoms with E-state index in [1.54, 1.807) is 12.3 Å². The molecule has 106 valence electrons. The number of aromatic amines is 1. The highest BCUT2D eigenvalue weighted by Crippen LogP contribution is 2.25. The van der Waals surface area contributed by atoms with Crippen LogP contribution in [0.15, 0.2) is 41.1 Å². The number of nitrogens with one attached hydrogen (secondary N) is 2. The molecule has 1 amide bonds. The first-order chi connectivity index (χ1) is 10.1. The summed E-state index contributed by atoms with van der Waals surface area (Å²) in [5.41, 5.74) is 7.77. The molecular weight excluding hydrogens is 270 g/mol. The van der Waals surface area contributed by atoms with Gasteiger partial charge in [-0.15, -0.1) is 0 Å². The van der Waals surface area contributed by atoms with E-state index in [4.69, 9.17) is 10.3 Å². The summed E-state index contributed by atoms with van der Waals surface area (Å²) >= 11 is 0. The Morgan fingerprint density at radius 1 is 1.38 bits per heavy atom. The molecule has 7 nitrogen and oxygen atoms in total. The quantitative estimate of drug-likeness (QED) is 0.682. The van der Waals surface area contributed by atoms with Crippen molar-refractivity contribution in [3.63, 3.8) is 0 Å². The Morgan fingerprint density at radius 3 is 2.86 bits per heavy atom. The molecule has 2 aromatic heterocycles. The summed E-state index contributed by atoms with van der Waals surface area (Å²) in [6.07, 6.45) is 1.73. The largest absolute Gasteiger partial charge is 0.381 e. The number of amides is 1. The zero-order valence-corrected chi connectivity index (χ0v) is 11.3. The van der Waals surface area contributed by atoms with Gasteiger partial charge in [0.2, 0.25) is 5.76 Å². The van der Waals surface area contributed by atoms with Gasteiger partial charge < -0.3 is 20.6 Å². The number of aryl methyl sites for hydroxylation is 1. The van der Waals surface area contributed by atoms with Crippen LogP contribution < -0.4 is 11.1 Å². The average Bonchev–Trinajstić information content (AvgIpc) is 3.08. The number of nitrogens with two attached hydrogens (primary N) is 1. The number of benzene rings is 1. The Labute approximate surface area is 120 Å². The second-order valence-corrected chi connectivity index (χ2v) is 4.53. The van der Waals surface area contributed by atoms with Crippen molar-refractivity contribution in [1.29, 1.82) is 0 Å². The van der Waals surface area contributed by atoms with Crippen LogP contribution in [0.4, 0.5) is 11.5 Å². The van der Waals surface area contributed by atoms with Crippen LogP contribution in [0.25, 0.3) is 11.4 Å². The van der Waals surface area contributed by atoms with Gasteiger partial charge >= 0.3 is 0 Å². The minimum atomic E-state index is -0.421. The molecule has 3 rings (SSSR count). The fraction of sp³-hybridized carbons (Fsp3) is 0.0714.